The van der Waals surface area contributed by atoms with Crippen LogP contribution in [0.3, 0.4) is 0 Å². The van der Waals surface area contributed by atoms with E-state index in [9.17, 15) is 4.79 Å². The number of carbonyl (C=O) groups is 1. The molecule has 2 amide bonds. The van der Waals surface area contributed by atoms with E-state index in [1.165, 1.54) is 5.56 Å². The summed E-state index contributed by atoms with van der Waals surface area (Å²) in [4.78, 5) is 15.1. The highest BCUT2D eigenvalue weighted by atomic mass is 16.5. The van der Waals surface area contributed by atoms with E-state index in [-0.39, 0.29) is 11.4 Å². The van der Waals surface area contributed by atoms with Gasteiger partial charge < -0.3 is 10.1 Å². The summed E-state index contributed by atoms with van der Waals surface area (Å²) in [5, 5.41) is 10.6. The average molecular weight is 434 g/mol. The zero-order chi connectivity index (χ0) is 22.6. The monoisotopic (exact) mass is 433 g/mol. The number of urea groups is 1. The highest BCUT2D eigenvalue weighted by molar-refractivity contribution is 5.99. The summed E-state index contributed by atoms with van der Waals surface area (Å²) < 4.78 is 7.17. The minimum absolute atomic E-state index is 0.136. The molecule has 7 nitrogen and oxygen atoms in total. The van der Waals surface area contributed by atoms with Gasteiger partial charge in [0.05, 0.1) is 24.6 Å². The third kappa shape index (κ3) is 5.55. The summed E-state index contributed by atoms with van der Waals surface area (Å²) in [6.45, 7) is 10.7. The van der Waals surface area contributed by atoms with Crippen molar-refractivity contribution in [3.63, 3.8) is 0 Å². The number of para-hydroxylation sites is 1. The standard InChI is InChI=1S/C25H31N5O2/c1-25(2,3)22-17-23(30(28-22)21-7-5-4-6-8-21)27-24(31)26-20-11-9-19(10-12-20)18-29-13-15-32-16-14-29/h4-12,17H,13-16,18H2,1-3H3,(H2,26,27,31). The summed E-state index contributed by atoms with van der Waals surface area (Å²) >= 11 is 0. The number of anilines is 2. The number of hydrogen-bond acceptors (Lipinski definition) is 4. The molecule has 0 unspecified atom stereocenters. The minimum atomic E-state index is -0.302. The second-order valence-corrected chi connectivity index (χ2v) is 9.08. The maximum atomic E-state index is 12.7. The largest absolute Gasteiger partial charge is 0.379 e. The molecule has 0 spiro atoms. The third-order valence-electron chi connectivity index (χ3n) is 5.44. The highest BCUT2D eigenvalue weighted by Crippen LogP contribution is 2.26. The fraction of sp³-hybridized carbons (Fsp3) is 0.360. The second kappa shape index (κ2) is 9.54. The Hall–Kier alpha value is -3.16. The van der Waals surface area contributed by atoms with Gasteiger partial charge in [0.15, 0.2) is 0 Å². The number of aromatic nitrogens is 2. The second-order valence-electron chi connectivity index (χ2n) is 9.08. The van der Waals surface area contributed by atoms with Crippen molar-refractivity contribution < 1.29 is 9.53 Å². The number of morpholine rings is 1. The molecule has 3 aromatic rings. The number of nitrogens with one attached hydrogen (secondary N) is 2. The van der Waals surface area contributed by atoms with Gasteiger partial charge in [0.2, 0.25) is 0 Å². The van der Waals surface area contributed by atoms with Crippen LogP contribution in [0.5, 0.6) is 0 Å². The summed E-state index contributed by atoms with van der Waals surface area (Å²) in [5.41, 5.74) is 3.63. The molecule has 0 aliphatic carbocycles. The Bertz CT molecular complexity index is 1030. The predicted molar refractivity (Wildman–Crippen MR) is 127 cm³/mol. The first-order chi connectivity index (χ1) is 15.4. The Labute approximate surface area is 189 Å². The van der Waals surface area contributed by atoms with Crippen LogP contribution in [0.4, 0.5) is 16.3 Å². The average Bonchev–Trinajstić information content (AvgIpc) is 3.21. The Morgan fingerprint density at radius 3 is 2.34 bits per heavy atom. The van der Waals surface area contributed by atoms with E-state index in [0.29, 0.717) is 5.82 Å². The Morgan fingerprint density at radius 2 is 1.69 bits per heavy atom. The number of benzene rings is 2. The van der Waals surface area contributed by atoms with Gasteiger partial charge in [0, 0.05) is 36.8 Å². The van der Waals surface area contributed by atoms with E-state index in [2.05, 4.69) is 48.4 Å². The van der Waals surface area contributed by atoms with Gasteiger partial charge >= 0.3 is 6.03 Å². The fourth-order valence-electron chi connectivity index (χ4n) is 3.59. The van der Waals surface area contributed by atoms with Crippen LogP contribution in [0.1, 0.15) is 32.0 Å². The van der Waals surface area contributed by atoms with Crippen molar-refractivity contribution in [1.82, 2.24) is 14.7 Å². The van der Waals surface area contributed by atoms with Gasteiger partial charge in [-0.1, -0.05) is 51.1 Å². The molecule has 2 aromatic carbocycles. The van der Waals surface area contributed by atoms with Crippen molar-refractivity contribution in [2.24, 2.45) is 0 Å². The molecule has 4 rings (SSSR count). The molecule has 1 saturated heterocycles. The summed E-state index contributed by atoms with van der Waals surface area (Å²) in [5.74, 6) is 0.627. The molecule has 2 heterocycles. The summed E-state index contributed by atoms with van der Waals surface area (Å²) in [6, 6.07) is 19.4. The topological polar surface area (TPSA) is 71.4 Å². The molecule has 0 atom stereocenters. The van der Waals surface area contributed by atoms with Crippen LogP contribution in [-0.2, 0) is 16.7 Å². The molecular formula is C25H31N5O2. The summed E-state index contributed by atoms with van der Waals surface area (Å²) in [7, 11) is 0. The van der Waals surface area contributed by atoms with Crippen molar-refractivity contribution in [1.29, 1.82) is 0 Å². The minimum Gasteiger partial charge on any atom is -0.379 e. The Morgan fingerprint density at radius 1 is 1.00 bits per heavy atom. The number of hydrogen-bond donors (Lipinski definition) is 2. The van der Waals surface area contributed by atoms with Crippen molar-refractivity contribution >= 4 is 17.5 Å². The molecule has 0 saturated carbocycles. The van der Waals surface area contributed by atoms with Crippen molar-refractivity contribution in [2.45, 2.75) is 32.7 Å². The number of ether oxygens (including phenoxy) is 1. The van der Waals surface area contributed by atoms with Gasteiger partial charge in [-0.25, -0.2) is 9.48 Å². The first kappa shape index (κ1) is 22.0. The van der Waals surface area contributed by atoms with Crippen LogP contribution in [0.2, 0.25) is 0 Å². The molecule has 1 fully saturated rings. The van der Waals surface area contributed by atoms with Crippen LogP contribution < -0.4 is 10.6 Å². The van der Waals surface area contributed by atoms with Gasteiger partial charge in [0.25, 0.3) is 0 Å². The molecule has 168 valence electrons. The quantitative estimate of drug-likeness (QED) is 0.615. The molecule has 1 aromatic heterocycles. The molecule has 2 N–H and O–H groups in total. The Kier molecular flexibility index (Phi) is 6.58. The number of carbonyl (C=O) groups excluding carboxylic acids is 1. The van der Waals surface area contributed by atoms with Gasteiger partial charge in [0.1, 0.15) is 5.82 Å². The SMILES string of the molecule is CC(C)(C)c1cc(NC(=O)Nc2ccc(CN3CCOCC3)cc2)n(-c2ccccc2)n1. The van der Waals surface area contributed by atoms with Crippen LogP contribution >= 0.6 is 0 Å². The van der Waals surface area contributed by atoms with E-state index in [0.717, 1.165) is 49.9 Å². The first-order valence-electron chi connectivity index (χ1n) is 11.0. The zero-order valence-corrected chi connectivity index (χ0v) is 19.0. The van der Waals surface area contributed by atoms with Crippen LogP contribution in [0, 0.1) is 0 Å². The Balaban J connectivity index is 1.44. The lowest BCUT2D eigenvalue weighted by Crippen LogP contribution is -2.35. The highest BCUT2D eigenvalue weighted by Gasteiger charge is 2.21. The first-order valence-corrected chi connectivity index (χ1v) is 11.0. The van der Waals surface area contributed by atoms with Gasteiger partial charge in [-0.15, -0.1) is 0 Å². The van der Waals surface area contributed by atoms with Crippen molar-refractivity contribution in [3.05, 3.63) is 71.9 Å². The summed E-state index contributed by atoms with van der Waals surface area (Å²) in [6.07, 6.45) is 0. The van der Waals surface area contributed by atoms with E-state index in [1.54, 1.807) is 4.68 Å². The van der Waals surface area contributed by atoms with E-state index < -0.39 is 0 Å². The number of rotatable bonds is 5. The fourth-order valence-corrected chi connectivity index (χ4v) is 3.59. The molecule has 0 radical (unpaired) electrons. The van der Waals surface area contributed by atoms with Gasteiger partial charge in [-0.3, -0.25) is 10.2 Å². The van der Waals surface area contributed by atoms with E-state index in [1.807, 2.05) is 48.5 Å². The molecule has 1 aliphatic heterocycles. The van der Waals surface area contributed by atoms with E-state index in [4.69, 9.17) is 9.84 Å². The lowest BCUT2D eigenvalue weighted by molar-refractivity contribution is 0.0342. The van der Waals surface area contributed by atoms with Crippen LogP contribution in [-0.4, -0.2) is 47.0 Å². The van der Waals surface area contributed by atoms with Gasteiger partial charge in [-0.2, -0.15) is 5.10 Å². The lowest BCUT2D eigenvalue weighted by atomic mass is 9.92. The van der Waals surface area contributed by atoms with E-state index >= 15 is 0 Å². The van der Waals surface area contributed by atoms with Crippen LogP contribution in [0.15, 0.2) is 60.7 Å². The third-order valence-corrected chi connectivity index (χ3v) is 5.44. The zero-order valence-electron chi connectivity index (χ0n) is 19.0. The van der Waals surface area contributed by atoms with Crippen LogP contribution in [0.25, 0.3) is 5.69 Å². The molecular weight excluding hydrogens is 402 g/mol. The normalized spacial score (nSPS) is 14.8. The molecule has 32 heavy (non-hydrogen) atoms. The van der Waals surface area contributed by atoms with Crippen molar-refractivity contribution in [3.8, 4) is 5.69 Å². The maximum Gasteiger partial charge on any atom is 0.324 e. The smallest absolute Gasteiger partial charge is 0.324 e. The number of amides is 2. The lowest BCUT2D eigenvalue weighted by Gasteiger charge is -2.26. The van der Waals surface area contributed by atoms with Crippen molar-refractivity contribution in [2.75, 3.05) is 36.9 Å². The maximum absolute atomic E-state index is 12.7. The van der Waals surface area contributed by atoms with Gasteiger partial charge in [-0.05, 0) is 29.8 Å². The molecule has 1 aliphatic rings. The molecule has 7 heteroatoms. The predicted octanol–water partition coefficient (Wildman–Crippen LogP) is 4.65. The molecule has 0 bridgehead atoms. The number of nitrogens with zero attached hydrogens (tertiary/aromatic N) is 3.